The molecule has 0 bridgehead atoms. The van der Waals surface area contributed by atoms with Gasteiger partial charge in [-0.1, -0.05) is 79.1 Å². The highest BCUT2D eigenvalue weighted by atomic mass is 35.5. The van der Waals surface area contributed by atoms with E-state index < -0.39 is 12.0 Å². The van der Waals surface area contributed by atoms with E-state index in [1.165, 1.54) is 22.0 Å². The van der Waals surface area contributed by atoms with Crippen molar-refractivity contribution in [3.8, 4) is 11.5 Å². The maximum absolute atomic E-state index is 13.9. The summed E-state index contributed by atoms with van der Waals surface area (Å²) in [5.41, 5.74) is 1.68. The van der Waals surface area contributed by atoms with Gasteiger partial charge in [0.2, 0.25) is 0 Å². The molecule has 1 aliphatic rings. The molecule has 0 radical (unpaired) electrons. The van der Waals surface area contributed by atoms with Crippen molar-refractivity contribution in [2.45, 2.75) is 39.2 Å². The molecule has 0 saturated carbocycles. The summed E-state index contributed by atoms with van der Waals surface area (Å²) >= 11 is 13.6. The Morgan fingerprint density at radius 3 is 2.67 bits per heavy atom. The van der Waals surface area contributed by atoms with Crippen molar-refractivity contribution >= 4 is 46.6 Å². The molecule has 0 amide bonds. The van der Waals surface area contributed by atoms with E-state index in [9.17, 15) is 9.59 Å². The largest absolute Gasteiger partial charge is 0.493 e. The minimum Gasteiger partial charge on any atom is -0.493 e. The molecular formula is C30H30Cl2N2O5S. The van der Waals surface area contributed by atoms with Crippen molar-refractivity contribution in [1.29, 1.82) is 0 Å². The molecule has 1 aromatic heterocycles. The monoisotopic (exact) mass is 600 g/mol. The van der Waals surface area contributed by atoms with E-state index in [-0.39, 0.29) is 17.7 Å². The second-order valence-electron chi connectivity index (χ2n) is 9.10. The second kappa shape index (κ2) is 13.4. The highest BCUT2D eigenvalue weighted by molar-refractivity contribution is 7.07. The summed E-state index contributed by atoms with van der Waals surface area (Å²) < 4.78 is 18.9. The van der Waals surface area contributed by atoms with Crippen molar-refractivity contribution in [3.05, 3.63) is 101 Å². The van der Waals surface area contributed by atoms with Crippen molar-refractivity contribution in [2.75, 3.05) is 20.3 Å². The molecule has 10 heteroatoms. The molecule has 7 nitrogen and oxygen atoms in total. The molecule has 2 heterocycles. The highest BCUT2D eigenvalue weighted by Gasteiger charge is 2.34. The Kier molecular flexibility index (Phi) is 9.90. The average molecular weight is 602 g/mol. The van der Waals surface area contributed by atoms with E-state index in [1.807, 2.05) is 6.07 Å². The summed E-state index contributed by atoms with van der Waals surface area (Å²) in [4.78, 5) is 32.2. The van der Waals surface area contributed by atoms with E-state index in [0.717, 1.165) is 19.3 Å². The number of carbonyl (C=O) groups is 1. The first-order chi connectivity index (χ1) is 19.3. The fraction of sp³-hybridized carbons (Fsp3) is 0.300. The van der Waals surface area contributed by atoms with Gasteiger partial charge in [-0.25, -0.2) is 9.79 Å². The van der Waals surface area contributed by atoms with Crippen LogP contribution in [0.2, 0.25) is 10.0 Å². The molecule has 0 N–H and O–H groups in total. The lowest BCUT2D eigenvalue weighted by Gasteiger charge is -2.25. The summed E-state index contributed by atoms with van der Waals surface area (Å²) in [7, 11) is 1.56. The first-order valence-corrected chi connectivity index (χ1v) is 14.4. The number of esters is 1. The number of hydrogen-bond donors (Lipinski definition) is 0. The predicted octanol–water partition coefficient (Wildman–Crippen LogP) is 5.85. The predicted molar refractivity (Wildman–Crippen MR) is 159 cm³/mol. The molecule has 0 fully saturated rings. The van der Waals surface area contributed by atoms with Gasteiger partial charge in [-0.15, -0.1) is 0 Å². The molecule has 0 saturated heterocycles. The number of benzene rings is 2. The Balaban J connectivity index is 1.87. The third-order valence-electron chi connectivity index (χ3n) is 6.33. The number of allylic oxidation sites excluding steroid dienone is 1. The average Bonchev–Trinajstić information content (AvgIpc) is 3.24. The topological polar surface area (TPSA) is 79.1 Å². The lowest BCUT2D eigenvalue weighted by Crippen LogP contribution is -2.40. The molecule has 4 rings (SSSR count). The Morgan fingerprint density at radius 1 is 1.18 bits per heavy atom. The Labute approximate surface area is 246 Å². The highest BCUT2D eigenvalue weighted by Crippen LogP contribution is 2.36. The summed E-state index contributed by atoms with van der Waals surface area (Å²) in [5.74, 6) is 0.501. The Morgan fingerprint density at radius 2 is 1.98 bits per heavy atom. The molecule has 1 unspecified atom stereocenters. The SMILES string of the molecule is C=CCOC(=O)C1=C(C)N=c2s/c(=C\c3ccc(Cl)cc3Cl)c(=O)n2C1c1ccc(OCCCCC)c(OC)c1. The number of halogens is 2. The number of methoxy groups -OCH3 is 1. The number of nitrogens with zero attached hydrogens (tertiary/aromatic N) is 2. The summed E-state index contributed by atoms with van der Waals surface area (Å²) in [6.45, 7) is 8.07. The summed E-state index contributed by atoms with van der Waals surface area (Å²) in [5, 5.41) is 0.910. The lowest BCUT2D eigenvalue weighted by atomic mass is 9.95. The summed E-state index contributed by atoms with van der Waals surface area (Å²) in [6.07, 6.45) is 6.27. The molecule has 210 valence electrons. The van der Waals surface area contributed by atoms with Gasteiger partial charge in [0.25, 0.3) is 5.56 Å². The number of thiazole rings is 1. The van der Waals surface area contributed by atoms with Crippen LogP contribution >= 0.6 is 34.5 Å². The van der Waals surface area contributed by atoms with Crippen molar-refractivity contribution in [3.63, 3.8) is 0 Å². The fourth-order valence-corrected chi connectivity index (χ4v) is 5.88. The molecule has 2 aromatic carbocycles. The third kappa shape index (κ3) is 6.35. The van der Waals surface area contributed by atoms with E-state index in [4.69, 9.17) is 37.4 Å². The quantitative estimate of drug-likeness (QED) is 0.157. The van der Waals surface area contributed by atoms with Gasteiger partial charge in [0.1, 0.15) is 6.61 Å². The van der Waals surface area contributed by atoms with Crippen LogP contribution in [-0.4, -0.2) is 30.9 Å². The van der Waals surface area contributed by atoms with Crippen molar-refractivity contribution in [2.24, 2.45) is 4.99 Å². The van der Waals surface area contributed by atoms with E-state index in [0.29, 0.717) is 54.3 Å². The van der Waals surface area contributed by atoms with Crippen LogP contribution in [0.1, 0.15) is 50.3 Å². The smallest absolute Gasteiger partial charge is 0.338 e. The van der Waals surface area contributed by atoms with Gasteiger partial charge >= 0.3 is 5.97 Å². The van der Waals surface area contributed by atoms with Gasteiger partial charge < -0.3 is 14.2 Å². The number of ether oxygens (including phenoxy) is 3. The van der Waals surface area contributed by atoms with E-state index >= 15 is 0 Å². The number of unbranched alkanes of at least 4 members (excludes halogenated alkanes) is 2. The maximum Gasteiger partial charge on any atom is 0.338 e. The Hall–Kier alpha value is -3.33. The zero-order valence-electron chi connectivity index (χ0n) is 22.5. The summed E-state index contributed by atoms with van der Waals surface area (Å²) in [6, 6.07) is 9.67. The zero-order chi connectivity index (χ0) is 28.8. The van der Waals surface area contributed by atoms with Gasteiger partial charge in [-0.3, -0.25) is 9.36 Å². The normalized spacial score (nSPS) is 14.9. The molecule has 0 spiro atoms. The lowest BCUT2D eigenvalue weighted by molar-refractivity contribution is -0.138. The second-order valence-corrected chi connectivity index (χ2v) is 11.0. The third-order valence-corrected chi connectivity index (χ3v) is 7.88. The van der Waals surface area contributed by atoms with Crippen LogP contribution in [0.5, 0.6) is 11.5 Å². The van der Waals surface area contributed by atoms with Gasteiger partial charge in [-0.2, -0.15) is 0 Å². The zero-order valence-corrected chi connectivity index (χ0v) is 24.9. The van der Waals surface area contributed by atoms with Crippen LogP contribution in [-0.2, 0) is 9.53 Å². The van der Waals surface area contributed by atoms with Gasteiger partial charge in [0.15, 0.2) is 16.3 Å². The number of hydrogen-bond acceptors (Lipinski definition) is 7. The van der Waals surface area contributed by atoms with Crippen LogP contribution in [0.4, 0.5) is 0 Å². The van der Waals surface area contributed by atoms with Crippen LogP contribution in [0.25, 0.3) is 6.08 Å². The number of fused-ring (bicyclic) bond motifs is 1. The number of rotatable bonds is 11. The maximum atomic E-state index is 13.9. The van der Waals surface area contributed by atoms with Crippen molar-refractivity contribution < 1.29 is 19.0 Å². The van der Waals surface area contributed by atoms with Gasteiger partial charge in [0.05, 0.1) is 35.6 Å². The molecule has 0 aliphatic carbocycles. The first-order valence-electron chi connectivity index (χ1n) is 12.8. The van der Waals surface area contributed by atoms with E-state index in [2.05, 4.69) is 18.5 Å². The van der Waals surface area contributed by atoms with Crippen molar-refractivity contribution in [1.82, 2.24) is 4.57 Å². The van der Waals surface area contributed by atoms with Crippen LogP contribution in [0, 0.1) is 0 Å². The van der Waals surface area contributed by atoms with Crippen LogP contribution < -0.4 is 24.4 Å². The minimum absolute atomic E-state index is 0.0235. The van der Waals surface area contributed by atoms with Crippen LogP contribution in [0.15, 0.2) is 70.1 Å². The first kappa shape index (κ1) is 29.6. The molecule has 40 heavy (non-hydrogen) atoms. The molecule has 1 atom stereocenters. The number of carbonyl (C=O) groups excluding carboxylic acids is 1. The van der Waals surface area contributed by atoms with E-state index in [1.54, 1.807) is 50.4 Å². The molecular weight excluding hydrogens is 571 g/mol. The molecule has 3 aromatic rings. The minimum atomic E-state index is -0.806. The Bertz CT molecular complexity index is 1640. The van der Waals surface area contributed by atoms with Gasteiger partial charge in [-0.05, 0) is 54.8 Å². The standard InChI is InChI=1S/C30H30Cl2N2O5S/c1-5-7-8-14-38-23-12-10-20(15-24(23)37-4)27-26(29(36)39-13-6-2)18(3)33-30-34(27)28(35)25(40-30)16-19-9-11-21(31)17-22(19)32/h6,9-12,15-17,27H,2,5,7-8,13-14H2,1,3-4H3/b25-16-. The molecule has 1 aliphatic heterocycles. The van der Waals surface area contributed by atoms with Gasteiger partial charge in [0, 0.05) is 10.0 Å². The number of aromatic nitrogens is 1. The van der Waals surface area contributed by atoms with Crippen LogP contribution in [0.3, 0.4) is 0 Å². The fourth-order valence-electron chi connectivity index (χ4n) is 4.38.